The zero-order chi connectivity index (χ0) is 23.7. The minimum atomic E-state index is -0.287. The summed E-state index contributed by atoms with van der Waals surface area (Å²) in [5.41, 5.74) is 1.76. The number of nitrogens with one attached hydrogen (secondary N) is 1. The van der Waals surface area contributed by atoms with E-state index >= 15 is 0 Å². The molecule has 1 amide bonds. The molecule has 5 rings (SSSR count). The number of carbonyl (C=O) groups is 1. The van der Waals surface area contributed by atoms with Crippen LogP contribution in [0.1, 0.15) is 0 Å². The quantitative estimate of drug-likeness (QED) is 0.294. The van der Waals surface area contributed by atoms with E-state index in [9.17, 15) is 9.59 Å². The number of rotatable bonds is 5. The van der Waals surface area contributed by atoms with E-state index in [1.54, 1.807) is 36.4 Å². The number of ether oxygens (including phenoxy) is 1. The molecule has 0 bridgehead atoms. The molecule has 2 aromatic heterocycles. The maximum Gasteiger partial charge on any atom is 0.244 e. The van der Waals surface area contributed by atoms with Crippen molar-refractivity contribution in [3.8, 4) is 11.6 Å². The van der Waals surface area contributed by atoms with Crippen LogP contribution in [0.15, 0.2) is 89.9 Å². The first-order valence-corrected chi connectivity index (χ1v) is 11.1. The van der Waals surface area contributed by atoms with Gasteiger partial charge in [0.15, 0.2) is 11.2 Å². The standard InChI is InChI=1S/C26H17Cl2N3O3/c27-16-13-19(28)26(29-14-16)34-23-12-6-3-9-20(23)30-24(32)15-31-21-10-4-1-7-17(21)25(33)18-8-2-5-11-22(18)31/h1-14H,15H2,(H,30,32). The van der Waals surface area contributed by atoms with Gasteiger partial charge in [0.1, 0.15) is 11.6 Å². The molecule has 0 spiro atoms. The third kappa shape index (κ3) is 4.21. The van der Waals surface area contributed by atoms with Crippen molar-refractivity contribution in [3.05, 3.63) is 105 Å². The summed E-state index contributed by atoms with van der Waals surface area (Å²) in [5, 5.41) is 4.65. The molecule has 0 aliphatic carbocycles. The number of halogens is 2. The fraction of sp³-hybridized carbons (Fsp3) is 0.0385. The van der Waals surface area contributed by atoms with Gasteiger partial charge in [0.05, 0.1) is 21.7 Å². The fourth-order valence-corrected chi connectivity index (χ4v) is 4.24. The van der Waals surface area contributed by atoms with Crippen molar-refractivity contribution >= 4 is 56.6 Å². The van der Waals surface area contributed by atoms with Crippen molar-refractivity contribution in [2.45, 2.75) is 6.54 Å². The molecule has 2 heterocycles. The van der Waals surface area contributed by atoms with E-state index in [2.05, 4.69) is 10.3 Å². The number of anilines is 1. The van der Waals surface area contributed by atoms with Crippen LogP contribution in [0.5, 0.6) is 11.6 Å². The Morgan fingerprint density at radius 1 is 0.912 bits per heavy atom. The van der Waals surface area contributed by atoms with Crippen molar-refractivity contribution in [1.29, 1.82) is 0 Å². The Bertz CT molecular complexity index is 1550. The molecule has 0 aliphatic rings. The third-order valence-electron chi connectivity index (χ3n) is 5.32. The van der Waals surface area contributed by atoms with E-state index < -0.39 is 0 Å². The Hall–Kier alpha value is -3.87. The summed E-state index contributed by atoms with van der Waals surface area (Å²) in [6.07, 6.45) is 1.43. The molecule has 0 saturated heterocycles. The number of pyridine rings is 2. The number of hydrogen-bond acceptors (Lipinski definition) is 4. The number of nitrogens with zero attached hydrogens (tertiary/aromatic N) is 2. The predicted octanol–water partition coefficient (Wildman–Crippen LogP) is 6.29. The summed E-state index contributed by atoms with van der Waals surface area (Å²) in [6, 6.07) is 23.0. The molecular formula is C26H17Cl2N3O3. The molecule has 0 unspecified atom stereocenters. The highest BCUT2D eigenvalue weighted by Crippen LogP contribution is 2.33. The maximum absolute atomic E-state index is 13.1. The molecule has 0 radical (unpaired) electrons. The summed E-state index contributed by atoms with van der Waals surface area (Å²) in [6.45, 7) is -0.00437. The topological polar surface area (TPSA) is 73.2 Å². The predicted molar refractivity (Wildman–Crippen MR) is 135 cm³/mol. The van der Waals surface area contributed by atoms with Crippen molar-refractivity contribution < 1.29 is 9.53 Å². The van der Waals surface area contributed by atoms with Crippen LogP contribution < -0.4 is 15.5 Å². The Balaban J connectivity index is 1.48. The minimum Gasteiger partial charge on any atom is -0.435 e. The highest BCUT2D eigenvalue weighted by atomic mass is 35.5. The normalized spacial score (nSPS) is 11.0. The van der Waals surface area contributed by atoms with Crippen molar-refractivity contribution in [2.24, 2.45) is 0 Å². The average molecular weight is 490 g/mol. The molecule has 1 N–H and O–H groups in total. The third-order valence-corrected chi connectivity index (χ3v) is 5.80. The summed E-state index contributed by atoms with van der Waals surface area (Å²) in [7, 11) is 0. The molecule has 8 heteroatoms. The number of fused-ring (bicyclic) bond motifs is 2. The van der Waals surface area contributed by atoms with E-state index in [0.29, 0.717) is 38.3 Å². The minimum absolute atomic E-state index is 0.00437. The van der Waals surface area contributed by atoms with E-state index in [1.807, 2.05) is 41.0 Å². The zero-order valence-corrected chi connectivity index (χ0v) is 19.2. The van der Waals surface area contributed by atoms with Gasteiger partial charge in [-0.15, -0.1) is 0 Å². The maximum atomic E-state index is 13.1. The Labute approximate surface area is 204 Å². The van der Waals surface area contributed by atoms with Crippen LogP contribution in [0, 0.1) is 0 Å². The van der Waals surface area contributed by atoms with Gasteiger partial charge in [-0.25, -0.2) is 4.98 Å². The van der Waals surface area contributed by atoms with Crippen LogP contribution in [0.3, 0.4) is 0 Å². The molecule has 0 atom stereocenters. The molecular weight excluding hydrogens is 473 g/mol. The average Bonchev–Trinajstić information content (AvgIpc) is 2.84. The summed E-state index contributed by atoms with van der Waals surface area (Å²) >= 11 is 12.1. The number of hydrogen-bond donors (Lipinski definition) is 1. The van der Waals surface area contributed by atoms with Crippen LogP contribution in [0.2, 0.25) is 10.0 Å². The van der Waals surface area contributed by atoms with Gasteiger partial charge < -0.3 is 14.6 Å². The van der Waals surface area contributed by atoms with Crippen LogP contribution in [0.25, 0.3) is 21.8 Å². The second-order valence-corrected chi connectivity index (χ2v) is 8.38. The van der Waals surface area contributed by atoms with Crippen LogP contribution in [0.4, 0.5) is 5.69 Å². The molecule has 168 valence electrons. The Morgan fingerprint density at radius 3 is 2.21 bits per heavy atom. The summed E-state index contributed by atoms with van der Waals surface area (Å²) in [4.78, 5) is 30.2. The number of amides is 1. The molecule has 5 aromatic rings. The SMILES string of the molecule is O=C(Cn1c2ccccc2c(=O)c2ccccc21)Nc1ccccc1Oc1ncc(Cl)cc1Cl. The largest absolute Gasteiger partial charge is 0.435 e. The number of carbonyl (C=O) groups excluding carboxylic acids is 1. The Kier molecular flexibility index (Phi) is 5.92. The number of para-hydroxylation sites is 4. The molecule has 34 heavy (non-hydrogen) atoms. The number of aromatic nitrogens is 2. The zero-order valence-electron chi connectivity index (χ0n) is 17.7. The van der Waals surface area contributed by atoms with Gasteiger partial charge in [-0.2, -0.15) is 0 Å². The van der Waals surface area contributed by atoms with E-state index in [1.165, 1.54) is 12.3 Å². The van der Waals surface area contributed by atoms with Gasteiger partial charge in [-0.3, -0.25) is 9.59 Å². The van der Waals surface area contributed by atoms with Crippen LogP contribution >= 0.6 is 23.2 Å². The fourth-order valence-electron chi connectivity index (χ4n) is 3.82. The van der Waals surface area contributed by atoms with Gasteiger partial charge >= 0.3 is 0 Å². The first-order chi connectivity index (χ1) is 16.5. The summed E-state index contributed by atoms with van der Waals surface area (Å²) in [5.74, 6) is 0.262. The smallest absolute Gasteiger partial charge is 0.244 e. The second-order valence-electron chi connectivity index (χ2n) is 7.54. The number of benzene rings is 3. The van der Waals surface area contributed by atoms with E-state index in [-0.39, 0.29) is 28.8 Å². The highest BCUT2D eigenvalue weighted by Gasteiger charge is 2.15. The lowest BCUT2D eigenvalue weighted by Gasteiger charge is -2.16. The molecule has 0 fully saturated rings. The first kappa shape index (κ1) is 21.9. The van der Waals surface area contributed by atoms with Gasteiger partial charge in [0.25, 0.3) is 0 Å². The lowest BCUT2D eigenvalue weighted by atomic mass is 10.1. The van der Waals surface area contributed by atoms with Crippen molar-refractivity contribution in [1.82, 2.24) is 9.55 Å². The lowest BCUT2D eigenvalue weighted by Crippen LogP contribution is -2.21. The highest BCUT2D eigenvalue weighted by molar-refractivity contribution is 6.35. The van der Waals surface area contributed by atoms with Gasteiger partial charge in [-0.1, -0.05) is 59.6 Å². The molecule has 6 nitrogen and oxygen atoms in total. The molecule has 0 saturated carbocycles. The van der Waals surface area contributed by atoms with E-state index in [4.69, 9.17) is 27.9 Å². The Morgan fingerprint density at radius 2 is 1.53 bits per heavy atom. The first-order valence-electron chi connectivity index (χ1n) is 10.4. The van der Waals surface area contributed by atoms with Crippen LogP contribution in [-0.4, -0.2) is 15.5 Å². The lowest BCUT2D eigenvalue weighted by molar-refractivity contribution is -0.116. The summed E-state index contributed by atoms with van der Waals surface area (Å²) < 4.78 is 7.67. The van der Waals surface area contributed by atoms with Gasteiger partial charge in [0, 0.05) is 17.0 Å². The van der Waals surface area contributed by atoms with E-state index in [0.717, 1.165) is 0 Å². The molecule has 3 aromatic carbocycles. The molecule has 0 aliphatic heterocycles. The van der Waals surface area contributed by atoms with Crippen molar-refractivity contribution in [2.75, 3.05) is 5.32 Å². The second kappa shape index (κ2) is 9.17. The van der Waals surface area contributed by atoms with Crippen LogP contribution in [-0.2, 0) is 11.3 Å². The van der Waals surface area contributed by atoms with Gasteiger partial charge in [-0.05, 0) is 42.5 Å². The monoisotopic (exact) mass is 489 g/mol. The van der Waals surface area contributed by atoms with Gasteiger partial charge in [0.2, 0.25) is 11.8 Å². The van der Waals surface area contributed by atoms with Crippen molar-refractivity contribution in [3.63, 3.8) is 0 Å².